The second-order valence-electron chi connectivity index (χ2n) is 5.68. The summed E-state index contributed by atoms with van der Waals surface area (Å²) in [6.45, 7) is 4.55. The normalized spacial score (nSPS) is 23.3. The highest BCUT2D eigenvalue weighted by Gasteiger charge is 2.27. The molecule has 0 amide bonds. The quantitative estimate of drug-likeness (QED) is 0.873. The molecule has 0 bridgehead atoms. The fraction of sp³-hybridized carbons (Fsp3) is 0.600. The first kappa shape index (κ1) is 13.8. The van der Waals surface area contributed by atoms with E-state index in [0.717, 1.165) is 5.69 Å². The van der Waals surface area contributed by atoms with Crippen LogP contribution in [-0.4, -0.2) is 22.1 Å². The molecule has 4 nitrogen and oxygen atoms in total. The summed E-state index contributed by atoms with van der Waals surface area (Å²) in [7, 11) is 0. The van der Waals surface area contributed by atoms with E-state index in [2.05, 4.69) is 24.1 Å². The molecule has 1 aromatic rings. The zero-order valence-electron chi connectivity index (χ0n) is 11.6. The molecule has 1 fully saturated rings. The Kier molecular flexibility index (Phi) is 4.40. The first-order valence-electron chi connectivity index (χ1n) is 7.04. The fourth-order valence-corrected chi connectivity index (χ4v) is 2.96. The molecule has 104 valence electrons. The summed E-state index contributed by atoms with van der Waals surface area (Å²) in [4.78, 5) is 14.7. The third kappa shape index (κ3) is 3.46. The van der Waals surface area contributed by atoms with Gasteiger partial charge < -0.3 is 10.4 Å². The number of carboxylic acid groups (broad SMARTS) is 1. The summed E-state index contributed by atoms with van der Waals surface area (Å²) >= 11 is 0. The van der Waals surface area contributed by atoms with Gasteiger partial charge >= 0.3 is 5.97 Å². The van der Waals surface area contributed by atoms with Gasteiger partial charge in [-0.15, -0.1) is 0 Å². The van der Waals surface area contributed by atoms with Crippen molar-refractivity contribution in [3.63, 3.8) is 0 Å². The highest BCUT2D eigenvalue weighted by molar-refractivity contribution is 5.85. The van der Waals surface area contributed by atoms with Crippen LogP contribution in [0.5, 0.6) is 0 Å². The Labute approximate surface area is 114 Å². The minimum atomic E-state index is -0.982. The topological polar surface area (TPSA) is 62.2 Å². The summed E-state index contributed by atoms with van der Waals surface area (Å²) < 4.78 is 0. The second-order valence-corrected chi connectivity index (χ2v) is 5.68. The maximum Gasteiger partial charge on any atom is 0.354 e. The molecule has 0 spiro atoms. The average Bonchev–Trinajstić information content (AvgIpc) is 2.39. The van der Waals surface area contributed by atoms with E-state index >= 15 is 0 Å². The van der Waals surface area contributed by atoms with Crippen LogP contribution in [0.2, 0.25) is 0 Å². The maximum absolute atomic E-state index is 10.8. The van der Waals surface area contributed by atoms with Gasteiger partial charge in [0.2, 0.25) is 0 Å². The number of aromatic nitrogens is 1. The molecule has 1 heterocycles. The molecule has 2 rings (SSSR count). The van der Waals surface area contributed by atoms with Crippen LogP contribution in [0.3, 0.4) is 0 Å². The number of carboxylic acids is 1. The second kappa shape index (κ2) is 6.04. The van der Waals surface area contributed by atoms with E-state index in [1.54, 1.807) is 12.3 Å². The summed E-state index contributed by atoms with van der Waals surface area (Å²) in [6.07, 6.45) is 6.66. The zero-order valence-corrected chi connectivity index (χ0v) is 11.6. The minimum Gasteiger partial charge on any atom is -0.477 e. The van der Waals surface area contributed by atoms with Crippen LogP contribution >= 0.6 is 0 Å². The van der Waals surface area contributed by atoms with Crippen molar-refractivity contribution in [2.24, 2.45) is 11.8 Å². The van der Waals surface area contributed by atoms with Crippen molar-refractivity contribution in [2.45, 2.75) is 45.6 Å². The first-order valence-corrected chi connectivity index (χ1v) is 7.04. The summed E-state index contributed by atoms with van der Waals surface area (Å²) in [5, 5.41) is 12.4. The lowest BCUT2D eigenvalue weighted by molar-refractivity contribution is 0.0690. The molecular weight excluding hydrogens is 240 g/mol. The SMILES string of the molecule is CC(C)C1CCCCC1Nc1ccc(C(=O)O)nc1. The Balaban J connectivity index is 2.04. The van der Waals surface area contributed by atoms with Crippen molar-refractivity contribution >= 4 is 11.7 Å². The van der Waals surface area contributed by atoms with Crippen molar-refractivity contribution in [2.75, 3.05) is 5.32 Å². The highest BCUT2D eigenvalue weighted by atomic mass is 16.4. The fourth-order valence-electron chi connectivity index (χ4n) is 2.96. The molecule has 1 aromatic heterocycles. The number of hydrogen-bond acceptors (Lipinski definition) is 3. The largest absolute Gasteiger partial charge is 0.477 e. The summed E-state index contributed by atoms with van der Waals surface area (Å²) in [6, 6.07) is 3.84. The van der Waals surface area contributed by atoms with Crippen molar-refractivity contribution in [1.29, 1.82) is 0 Å². The van der Waals surface area contributed by atoms with Gasteiger partial charge in [-0.2, -0.15) is 0 Å². The van der Waals surface area contributed by atoms with Crippen molar-refractivity contribution in [1.82, 2.24) is 4.98 Å². The van der Waals surface area contributed by atoms with E-state index in [1.807, 2.05) is 6.07 Å². The molecule has 19 heavy (non-hydrogen) atoms. The molecule has 1 aliphatic rings. The van der Waals surface area contributed by atoms with Crippen LogP contribution < -0.4 is 5.32 Å². The summed E-state index contributed by atoms with van der Waals surface area (Å²) in [5.41, 5.74) is 1.01. The lowest BCUT2D eigenvalue weighted by Crippen LogP contribution is -2.35. The van der Waals surface area contributed by atoms with E-state index in [9.17, 15) is 4.79 Å². The van der Waals surface area contributed by atoms with E-state index in [-0.39, 0.29) is 5.69 Å². The lowest BCUT2D eigenvalue weighted by atomic mass is 9.78. The van der Waals surface area contributed by atoms with E-state index < -0.39 is 5.97 Å². The number of hydrogen-bond donors (Lipinski definition) is 2. The molecule has 2 N–H and O–H groups in total. The van der Waals surface area contributed by atoms with Crippen molar-refractivity contribution in [3.8, 4) is 0 Å². The molecule has 0 aromatic carbocycles. The minimum absolute atomic E-state index is 0.0922. The van der Waals surface area contributed by atoms with Gasteiger partial charge in [0.15, 0.2) is 0 Å². The third-order valence-corrected chi connectivity index (χ3v) is 4.01. The molecule has 2 unspecified atom stereocenters. The Morgan fingerprint density at radius 3 is 2.68 bits per heavy atom. The maximum atomic E-state index is 10.8. The van der Waals surface area contributed by atoms with Crippen LogP contribution in [0.1, 0.15) is 50.0 Å². The predicted octanol–water partition coefficient (Wildman–Crippen LogP) is 3.41. The van der Waals surface area contributed by atoms with Crippen molar-refractivity contribution in [3.05, 3.63) is 24.0 Å². The number of rotatable bonds is 4. The van der Waals surface area contributed by atoms with Gasteiger partial charge in [-0.3, -0.25) is 0 Å². The average molecular weight is 262 g/mol. The van der Waals surface area contributed by atoms with Crippen molar-refractivity contribution < 1.29 is 9.90 Å². The smallest absolute Gasteiger partial charge is 0.354 e. The number of carbonyl (C=O) groups is 1. The Hall–Kier alpha value is -1.58. The van der Waals surface area contributed by atoms with Crippen LogP contribution in [0.15, 0.2) is 18.3 Å². The summed E-state index contributed by atoms with van der Waals surface area (Å²) in [5.74, 6) is 0.376. The number of pyridine rings is 1. The molecule has 1 aliphatic carbocycles. The predicted molar refractivity (Wildman–Crippen MR) is 75.4 cm³/mol. The Morgan fingerprint density at radius 2 is 2.11 bits per heavy atom. The van der Waals surface area contributed by atoms with Gasteiger partial charge in [0.1, 0.15) is 5.69 Å². The zero-order chi connectivity index (χ0) is 13.8. The molecule has 4 heteroatoms. The molecule has 2 atom stereocenters. The number of aromatic carboxylic acids is 1. The standard InChI is InChI=1S/C15H22N2O2/c1-10(2)12-5-3-4-6-13(12)17-11-7-8-14(15(18)19)16-9-11/h7-10,12-13,17H,3-6H2,1-2H3,(H,18,19). The van der Waals surface area contributed by atoms with E-state index in [1.165, 1.54) is 25.7 Å². The third-order valence-electron chi connectivity index (χ3n) is 4.01. The van der Waals surface area contributed by atoms with E-state index in [0.29, 0.717) is 17.9 Å². The first-order chi connectivity index (χ1) is 9.08. The number of nitrogens with one attached hydrogen (secondary N) is 1. The number of nitrogens with zero attached hydrogens (tertiary/aromatic N) is 1. The highest BCUT2D eigenvalue weighted by Crippen LogP contribution is 2.32. The molecular formula is C15H22N2O2. The van der Waals surface area contributed by atoms with Crippen LogP contribution in [0.25, 0.3) is 0 Å². The molecule has 0 radical (unpaired) electrons. The lowest BCUT2D eigenvalue weighted by Gasteiger charge is -2.35. The number of anilines is 1. The van der Waals surface area contributed by atoms with E-state index in [4.69, 9.17) is 5.11 Å². The molecule has 1 saturated carbocycles. The Morgan fingerprint density at radius 1 is 1.37 bits per heavy atom. The van der Waals surface area contributed by atoms with Gasteiger partial charge in [-0.1, -0.05) is 26.7 Å². The van der Waals surface area contributed by atoms with Gasteiger partial charge in [-0.25, -0.2) is 9.78 Å². The van der Waals surface area contributed by atoms with Crippen LogP contribution in [0.4, 0.5) is 5.69 Å². The molecule has 0 saturated heterocycles. The van der Waals surface area contributed by atoms with Gasteiger partial charge in [0, 0.05) is 6.04 Å². The molecule has 0 aliphatic heterocycles. The van der Waals surface area contributed by atoms with Gasteiger partial charge in [0.25, 0.3) is 0 Å². The van der Waals surface area contributed by atoms with Gasteiger partial charge in [-0.05, 0) is 36.8 Å². The van der Waals surface area contributed by atoms with Gasteiger partial charge in [0.05, 0.1) is 11.9 Å². The van der Waals surface area contributed by atoms with Crippen LogP contribution in [-0.2, 0) is 0 Å². The Bertz CT molecular complexity index is 428. The monoisotopic (exact) mass is 262 g/mol. The van der Waals surface area contributed by atoms with Crippen LogP contribution in [0, 0.1) is 11.8 Å².